The van der Waals surface area contributed by atoms with E-state index >= 15 is 0 Å². The van der Waals surface area contributed by atoms with Crippen LogP contribution in [0.25, 0.3) is 0 Å². The third kappa shape index (κ3) is 3.47. The molecule has 0 amide bonds. The zero-order valence-electron chi connectivity index (χ0n) is 13.5. The number of ketones is 1. The molecule has 6 heteroatoms. The first-order chi connectivity index (χ1) is 12.0. The minimum Gasteiger partial charge on any atom is -0.341 e. The van der Waals surface area contributed by atoms with Gasteiger partial charge in [-0.1, -0.05) is 46.9 Å². The molecular formula is C19H17Cl3FNO. The number of carbonyl (C=O) groups excluding carboxylic acids is 1. The summed E-state index contributed by atoms with van der Waals surface area (Å²) in [5, 5.41) is 0.498. The number of hydrogen-bond acceptors (Lipinski definition) is 1. The zero-order valence-corrected chi connectivity index (χ0v) is 15.7. The van der Waals surface area contributed by atoms with Crippen molar-refractivity contribution >= 4 is 40.6 Å². The molecule has 0 radical (unpaired) electrons. The van der Waals surface area contributed by atoms with Crippen molar-refractivity contribution in [3.63, 3.8) is 0 Å². The van der Waals surface area contributed by atoms with E-state index in [2.05, 4.69) is 4.98 Å². The molecule has 1 aromatic carbocycles. The first kappa shape index (κ1) is 17.4. The summed E-state index contributed by atoms with van der Waals surface area (Å²) in [4.78, 5) is 15.2. The van der Waals surface area contributed by atoms with Crippen molar-refractivity contribution in [2.75, 3.05) is 0 Å². The molecule has 0 bridgehead atoms. The van der Waals surface area contributed by atoms with Crippen LogP contribution in [0.3, 0.4) is 0 Å². The summed E-state index contributed by atoms with van der Waals surface area (Å²) in [5.74, 6) is 0.530. The molecule has 0 unspecified atom stereocenters. The van der Waals surface area contributed by atoms with Gasteiger partial charge in [0.25, 0.3) is 0 Å². The average molecular weight is 401 g/mol. The highest BCUT2D eigenvalue weighted by molar-refractivity contribution is 6.49. The van der Waals surface area contributed by atoms with Crippen LogP contribution in [-0.2, 0) is 6.42 Å². The fourth-order valence-electron chi connectivity index (χ4n) is 3.26. The Labute approximate surface area is 160 Å². The van der Waals surface area contributed by atoms with E-state index in [1.165, 1.54) is 0 Å². The maximum atomic E-state index is 14.7. The maximum Gasteiger partial charge on any atom is 0.180 e. The van der Waals surface area contributed by atoms with E-state index in [-0.39, 0.29) is 38.9 Å². The Balaban J connectivity index is 1.54. The van der Waals surface area contributed by atoms with Gasteiger partial charge in [0.05, 0.1) is 10.0 Å². The summed E-state index contributed by atoms with van der Waals surface area (Å²) >= 11 is 17.8. The van der Waals surface area contributed by atoms with Crippen molar-refractivity contribution in [1.29, 1.82) is 0 Å². The van der Waals surface area contributed by atoms with Crippen molar-refractivity contribution in [3.8, 4) is 0 Å². The number of carbonyl (C=O) groups is 1. The highest BCUT2D eigenvalue weighted by atomic mass is 35.5. The van der Waals surface area contributed by atoms with E-state index in [9.17, 15) is 9.18 Å². The lowest BCUT2D eigenvalue weighted by molar-refractivity contribution is 0.0979. The van der Waals surface area contributed by atoms with Gasteiger partial charge in [0.2, 0.25) is 0 Å². The predicted octanol–water partition coefficient (Wildman–Crippen LogP) is 6.68. The molecule has 4 rings (SSSR count). The van der Waals surface area contributed by atoms with Gasteiger partial charge < -0.3 is 4.98 Å². The Hall–Kier alpha value is -1.03. The molecule has 2 fully saturated rings. The second-order valence-electron chi connectivity index (χ2n) is 7.00. The fourth-order valence-corrected chi connectivity index (χ4v) is 3.89. The number of aromatic amines is 1. The number of rotatable bonds is 6. The summed E-state index contributed by atoms with van der Waals surface area (Å²) < 4.78 is 14.7. The highest BCUT2D eigenvalue weighted by Crippen LogP contribution is 2.47. The lowest BCUT2D eigenvalue weighted by Gasteiger charge is -2.11. The van der Waals surface area contributed by atoms with E-state index in [4.69, 9.17) is 34.8 Å². The van der Waals surface area contributed by atoms with Gasteiger partial charge in [-0.25, -0.2) is 4.39 Å². The molecule has 25 heavy (non-hydrogen) atoms. The van der Waals surface area contributed by atoms with Crippen LogP contribution in [0.2, 0.25) is 15.2 Å². The van der Waals surface area contributed by atoms with Gasteiger partial charge in [-0.15, -0.1) is 0 Å². The van der Waals surface area contributed by atoms with Crippen molar-refractivity contribution in [2.45, 2.75) is 50.4 Å². The Morgan fingerprint density at radius 3 is 2.04 bits per heavy atom. The molecule has 2 aliphatic rings. The number of nitrogens with one attached hydrogen (secondary N) is 1. The normalized spacial score (nSPS) is 17.1. The summed E-state index contributed by atoms with van der Waals surface area (Å²) in [6.45, 7) is 0. The molecule has 1 N–H and O–H groups in total. The smallest absolute Gasteiger partial charge is 0.180 e. The van der Waals surface area contributed by atoms with E-state index < -0.39 is 0 Å². The lowest BCUT2D eigenvalue weighted by Crippen LogP contribution is -2.04. The fraction of sp³-hybridized carbons (Fsp3) is 0.421. The number of H-pyrrole nitrogens is 1. The molecular weight excluding hydrogens is 384 g/mol. The van der Waals surface area contributed by atoms with Gasteiger partial charge >= 0.3 is 0 Å². The van der Waals surface area contributed by atoms with Crippen molar-refractivity contribution in [2.24, 2.45) is 0 Å². The molecule has 2 aromatic rings. The van der Waals surface area contributed by atoms with E-state index in [0.29, 0.717) is 18.3 Å². The van der Waals surface area contributed by atoms with E-state index in [1.807, 2.05) is 12.1 Å². The van der Waals surface area contributed by atoms with Crippen LogP contribution in [0.5, 0.6) is 0 Å². The topological polar surface area (TPSA) is 32.9 Å². The molecule has 2 nitrogen and oxygen atoms in total. The Bertz CT molecular complexity index is 820. The number of aryl methyl sites for hydroxylation is 1. The van der Waals surface area contributed by atoms with E-state index in [1.54, 1.807) is 0 Å². The molecule has 1 aromatic heterocycles. The van der Waals surface area contributed by atoms with Gasteiger partial charge in [-0.2, -0.15) is 0 Å². The van der Waals surface area contributed by atoms with Crippen molar-refractivity contribution < 1.29 is 9.18 Å². The van der Waals surface area contributed by atoms with Gasteiger partial charge in [0.15, 0.2) is 5.78 Å². The SMILES string of the molecule is O=C(CCc1cc(C2CC2)c(F)c(C2CC2)c1)c1[nH]c(Cl)c(Cl)c1Cl. The van der Waals surface area contributed by atoms with Crippen molar-refractivity contribution in [1.82, 2.24) is 4.98 Å². The maximum absolute atomic E-state index is 14.7. The van der Waals surface area contributed by atoms with E-state index in [0.717, 1.165) is 42.4 Å². The average Bonchev–Trinajstić information content (AvgIpc) is 3.48. The number of benzene rings is 1. The number of hydrogen-bond donors (Lipinski definition) is 1. The number of halogens is 4. The Kier molecular flexibility index (Phi) is 4.59. The van der Waals surface area contributed by atoms with Crippen LogP contribution in [0.15, 0.2) is 12.1 Å². The summed E-state index contributed by atoms with van der Waals surface area (Å²) in [6, 6.07) is 3.87. The third-order valence-corrected chi connectivity index (χ3v) is 6.22. The molecule has 2 aliphatic carbocycles. The number of aromatic nitrogens is 1. The van der Waals surface area contributed by atoms with Crippen LogP contribution in [0, 0.1) is 5.82 Å². The van der Waals surface area contributed by atoms with Gasteiger partial charge in [-0.05, 0) is 60.6 Å². The third-order valence-electron chi connectivity index (χ3n) is 4.98. The predicted molar refractivity (Wildman–Crippen MR) is 98.8 cm³/mol. The van der Waals surface area contributed by atoms with Crippen LogP contribution in [0.4, 0.5) is 4.39 Å². The first-order valence-electron chi connectivity index (χ1n) is 8.53. The van der Waals surface area contributed by atoms with Gasteiger partial charge in [0, 0.05) is 6.42 Å². The molecule has 1 heterocycles. The van der Waals surface area contributed by atoms with Crippen LogP contribution in [0.1, 0.15) is 71.1 Å². The summed E-state index contributed by atoms with van der Waals surface area (Å²) in [5.41, 5.74) is 2.91. The molecule has 0 atom stereocenters. The molecule has 2 saturated carbocycles. The first-order valence-corrected chi connectivity index (χ1v) is 9.67. The molecule has 132 valence electrons. The molecule has 0 aliphatic heterocycles. The van der Waals surface area contributed by atoms with Crippen LogP contribution < -0.4 is 0 Å². The van der Waals surface area contributed by atoms with Gasteiger partial charge in [-0.3, -0.25) is 4.79 Å². The highest BCUT2D eigenvalue weighted by Gasteiger charge is 2.33. The van der Waals surface area contributed by atoms with Crippen LogP contribution >= 0.6 is 34.8 Å². The standard InChI is InChI=1S/C19H17Cl3FNO/c20-15-16(21)19(22)24-18(15)14(25)6-1-9-7-12(10-2-3-10)17(23)13(8-9)11-4-5-11/h7-8,10-11,24H,1-6H2. The zero-order chi connectivity index (χ0) is 17.7. The summed E-state index contributed by atoms with van der Waals surface area (Å²) in [6.07, 6.45) is 5.03. The minimum absolute atomic E-state index is 0.0222. The van der Waals surface area contributed by atoms with Gasteiger partial charge in [0.1, 0.15) is 16.7 Å². The second-order valence-corrected chi connectivity index (χ2v) is 8.14. The number of Topliss-reactive ketones (excluding diaryl/α,β-unsaturated/α-hetero) is 1. The van der Waals surface area contributed by atoms with Crippen molar-refractivity contribution in [3.05, 3.63) is 55.5 Å². The monoisotopic (exact) mass is 399 g/mol. The molecule has 0 saturated heterocycles. The lowest BCUT2D eigenvalue weighted by atomic mass is 9.96. The van der Waals surface area contributed by atoms with Crippen LogP contribution in [-0.4, -0.2) is 10.8 Å². The Morgan fingerprint density at radius 1 is 1.04 bits per heavy atom. The quantitative estimate of drug-likeness (QED) is 0.539. The Morgan fingerprint density at radius 2 is 1.60 bits per heavy atom. The largest absolute Gasteiger partial charge is 0.341 e. The summed E-state index contributed by atoms with van der Waals surface area (Å²) in [7, 11) is 0. The second kappa shape index (κ2) is 6.61. The molecule has 0 spiro atoms. The minimum atomic E-state index is -0.149.